The van der Waals surface area contributed by atoms with Gasteiger partial charge in [0.05, 0.1) is 17.8 Å². The minimum absolute atomic E-state index is 0.497. The summed E-state index contributed by atoms with van der Waals surface area (Å²) < 4.78 is 43.2. The molecule has 0 spiro atoms. The molecule has 0 saturated heterocycles. The molecule has 0 unspecified atom stereocenters. The average Bonchev–Trinajstić information content (AvgIpc) is 2.61. The molecule has 0 radical (unpaired) electrons. The van der Waals surface area contributed by atoms with E-state index in [2.05, 4.69) is 4.99 Å². The van der Waals surface area contributed by atoms with Gasteiger partial charge in [-0.3, -0.25) is 0 Å². The Balaban J connectivity index is 2.22. The van der Waals surface area contributed by atoms with Crippen molar-refractivity contribution in [2.45, 2.75) is 31.8 Å². The number of hydrogen-bond acceptors (Lipinski definition) is 3. The highest BCUT2D eigenvalue weighted by Crippen LogP contribution is 2.35. The van der Waals surface area contributed by atoms with Crippen molar-refractivity contribution in [3.8, 4) is 11.5 Å². The molecule has 0 saturated carbocycles. The summed E-state index contributed by atoms with van der Waals surface area (Å²) in [7, 11) is 1.94. The van der Waals surface area contributed by atoms with Crippen LogP contribution in [0.3, 0.4) is 0 Å². The maximum absolute atomic E-state index is 12.4. The number of thioether (sulfide) groups is 1. The molecule has 2 rings (SSSR count). The van der Waals surface area contributed by atoms with Gasteiger partial charge in [0.15, 0.2) is 0 Å². The zero-order chi connectivity index (χ0) is 20.0. The molecule has 0 fully saturated rings. The number of benzene rings is 2. The van der Waals surface area contributed by atoms with Gasteiger partial charge in [-0.1, -0.05) is 6.07 Å². The third kappa shape index (κ3) is 6.82. The number of alkyl halides is 3. The third-order valence-corrected chi connectivity index (χ3v) is 4.86. The summed E-state index contributed by atoms with van der Waals surface area (Å²) in [5.41, 5.74) is 2.66. The fraction of sp³-hybridized carbons (Fsp3) is 0.350. The summed E-state index contributed by atoms with van der Waals surface area (Å²) in [6, 6.07) is 10.5. The first-order valence-corrected chi connectivity index (χ1v) is 9.49. The van der Waals surface area contributed by atoms with Crippen molar-refractivity contribution in [2.75, 3.05) is 19.3 Å². The number of nitrogens with zero attached hydrogens (tertiary/aromatic N) is 2. The Bertz CT molecular complexity index is 806. The van der Waals surface area contributed by atoms with Crippen molar-refractivity contribution in [3.05, 3.63) is 47.5 Å². The molecule has 146 valence electrons. The summed E-state index contributed by atoms with van der Waals surface area (Å²) in [5, 5.41) is 0. The number of aryl methyl sites for hydroxylation is 1. The van der Waals surface area contributed by atoms with Gasteiger partial charge in [0.25, 0.3) is 0 Å². The van der Waals surface area contributed by atoms with Crippen LogP contribution in [0.2, 0.25) is 0 Å². The first kappa shape index (κ1) is 21.2. The van der Waals surface area contributed by atoms with Gasteiger partial charge in [0, 0.05) is 24.1 Å². The van der Waals surface area contributed by atoms with Crippen LogP contribution in [0.4, 0.5) is 18.9 Å². The van der Waals surface area contributed by atoms with E-state index in [-0.39, 0.29) is 0 Å². The van der Waals surface area contributed by atoms with E-state index in [1.54, 1.807) is 30.6 Å². The Morgan fingerprint density at radius 3 is 2.59 bits per heavy atom. The maximum atomic E-state index is 12.4. The largest absolute Gasteiger partial charge is 0.457 e. The van der Waals surface area contributed by atoms with Gasteiger partial charge in [0.2, 0.25) is 0 Å². The van der Waals surface area contributed by atoms with Crippen molar-refractivity contribution < 1.29 is 17.9 Å². The molecule has 0 amide bonds. The monoisotopic (exact) mass is 396 g/mol. The smallest absolute Gasteiger partial charge is 0.398 e. The Labute approximate surface area is 162 Å². The van der Waals surface area contributed by atoms with E-state index in [0.717, 1.165) is 35.1 Å². The second-order valence-corrected chi connectivity index (χ2v) is 7.25. The molecule has 0 N–H and O–H groups in total. The standard InChI is InChI=1S/C20H23F3N2OS/c1-5-25(4)13-24-18-9-14(2)10-19(15(18)3)26-16-7-6-8-17(11-16)27-12-20(21,22)23/h6-11,13H,5,12H2,1-4H3. The lowest BCUT2D eigenvalue weighted by Crippen LogP contribution is -2.14. The molecule has 0 aliphatic carbocycles. The lowest BCUT2D eigenvalue weighted by Gasteiger charge is -2.14. The van der Waals surface area contributed by atoms with Gasteiger partial charge < -0.3 is 9.64 Å². The normalized spacial score (nSPS) is 11.8. The summed E-state index contributed by atoms with van der Waals surface area (Å²) in [4.78, 5) is 6.98. The Morgan fingerprint density at radius 2 is 1.93 bits per heavy atom. The van der Waals surface area contributed by atoms with Crippen LogP contribution in [0.1, 0.15) is 18.1 Å². The van der Waals surface area contributed by atoms with Crippen LogP contribution in [0.5, 0.6) is 11.5 Å². The number of ether oxygens (including phenoxy) is 1. The SMILES string of the molecule is CCN(C)C=Nc1cc(C)cc(Oc2cccc(SCC(F)(F)F)c2)c1C. The van der Waals surface area contributed by atoms with E-state index in [9.17, 15) is 13.2 Å². The molecule has 2 aromatic carbocycles. The van der Waals surface area contributed by atoms with E-state index in [4.69, 9.17) is 4.74 Å². The van der Waals surface area contributed by atoms with Crippen LogP contribution < -0.4 is 4.74 Å². The number of halogens is 3. The van der Waals surface area contributed by atoms with Crippen molar-refractivity contribution >= 4 is 23.8 Å². The quantitative estimate of drug-likeness (QED) is 0.309. The molecule has 3 nitrogen and oxygen atoms in total. The summed E-state index contributed by atoms with van der Waals surface area (Å²) in [6.07, 6.45) is -2.44. The molecule has 0 aliphatic heterocycles. The van der Waals surface area contributed by atoms with Crippen molar-refractivity contribution in [3.63, 3.8) is 0 Å². The van der Waals surface area contributed by atoms with E-state index in [1.807, 2.05) is 44.9 Å². The van der Waals surface area contributed by atoms with Crippen LogP contribution in [0, 0.1) is 13.8 Å². The fourth-order valence-electron chi connectivity index (χ4n) is 2.21. The Kier molecular flexibility index (Phi) is 7.18. The van der Waals surface area contributed by atoms with E-state index < -0.39 is 11.9 Å². The minimum Gasteiger partial charge on any atom is -0.457 e. The van der Waals surface area contributed by atoms with Gasteiger partial charge in [-0.25, -0.2) is 4.99 Å². The molecule has 0 atom stereocenters. The van der Waals surface area contributed by atoms with E-state index in [1.165, 1.54) is 0 Å². The Morgan fingerprint density at radius 1 is 1.19 bits per heavy atom. The number of rotatable bonds is 7. The lowest BCUT2D eigenvalue weighted by molar-refractivity contribution is -0.105. The zero-order valence-electron chi connectivity index (χ0n) is 15.8. The molecular weight excluding hydrogens is 373 g/mol. The van der Waals surface area contributed by atoms with Crippen molar-refractivity contribution in [2.24, 2.45) is 4.99 Å². The number of hydrogen-bond donors (Lipinski definition) is 0. The molecule has 7 heteroatoms. The highest BCUT2D eigenvalue weighted by molar-refractivity contribution is 7.99. The molecule has 0 aromatic heterocycles. The summed E-state index contributed by atoms with van der Waals surface area (Å²) in [5.74, 6) is 0.208. The predicted octanol–water partition coefficient (Wildman–Crippen LogP) is 6.36. The zero-order valence-corrected chi connectivity index (χ0v) is 16.6. The second kappa shape index (κ2) is 9.17. The van der Waals surface area contributed by atoms with Crippen molar-refractivity contribution in [1.82, 2.24) is 4.90 Å². The van der Waals surface area contributed by atoms with Gasteiger partial charge in [-0.05, 0) is 56.7 Å². The fourth-order valence-corrected chi connectivity index (χ4v) is 2.91. The molecule has 2 aromatic rings. The second-order valence-electron chi connectivity index (χ2n) is 6.21. The third-order valence-electron chi connectivity index (χ3n) is 3.81. The van der Waals surface area contributed by atoms with Crippen LogP contribution in [-0.4, -0.2) is 36.8 Å². The van der Waals surface area contributed by atoms with Crippen LogP contribution in [0.15, 0.2) is 46.3 Å². The molecule has 27 heavy (non-hydrogen) atoms. The van der Waals surface area contributed by atoms with Crippen molar-refractivity contribution in [1.29, 1.82) is 0 Å². The van der Waals surface area contributed by atoms with Gasteiger partial charge in [-0.15, -0.1) is 11.8 Å². The summed E-state index contributed by atoms with van der Waals surface area (Å²) >= 11 is 0.742. The average molecular weight is 396 g/mol. The maximum Gasteiger partial charge on any atom is 0.398 e. The lowest BCUT2D eigenvalue weighted by atomic mass is 10.1. The minimum atomic E-state index is -4.20. The van der Waals surface area contributed by atoms with Crippen LogP contribution >= 0.6 is 11.8 Å². The number of aliphatic imine (C=N–C) groups is 1. The van der Waals surface area contributed by atoms with Crippen LogP contribution in [0.25, 0.3) is 0 Å². The first-order valence-electron chi connectivity index (χ1n) is 8.51. The van der Waals surface area contributed by atoms with Gasteiger partial charge in [-0.2, -0.15) is 13.2 Å². The molecule has 0 bridgehead atoms. The van der Waals surface area contributed by atoms with E-state index >= 15 is 0 Å². The van der Waals surface area contributed by atoms with Gasteiger partial charge in [0.1, 0.15) is 11.5 Å². The highest BCUT2D eigenvalue weighted by atomic mass is 32.2. The molecule has 0 aliphatic rings. The van der Waals surface area contributed by atoms with E-state index in [0.29, 0.717) is 16.4 Å². The Hall–Kier alpha value is -2.15. The highest BCUT2D eigenvalue weighted by Gasteiger charge is 2.27. The predicted molar refractivity (Wildman–Crippen MR) is 106 cm³/mol. The molecule has 0 heterocycles. The van der Waals surface area contributed by atoms with Crippen LogP contribution in [-0.2, 0) is 0 Å². The van der Waals surface area contributed by atoms with Gasteiger partial charge >= 0.3 is 6.18 Å². The summed E-state index contributed by atoms with van der Waals surface area (Å²) in [6.45, 7) is 6.74. The molecular formula is C20H23F3N2OS. The first-order chi connectivity index (χ1) is 12.7. The topological polar surface area (TPSA) is 24.8 Å².